The first-order chi connectivity index (χ1) is 9.19. The van der Waals surface area contributed by atoms with Gasteiger partial charge in [-0.3, -0.25) is 10.1 Å². The summed E-state index contributed by atoms with van der Waals surface area (Å²) in [6.07, 6.45) is 0. The lowest BCUT2D eigenvalue weighted by Gasteiger charge is -2.03. The number of nitrogens with zero attached hydrogens (tertiary/aromatic N) is 3. The third-order valence-electron chi connectivity index (χ3n) is 2.17. The Hall–Kier alpha value is -2.30. The monoisotopic (exact) mass is 274 g/mol. The van der Waals surface area contributed by atoms with E-state index in [9.17, 15) is 4.79 Å². The lowest BCUT2D eigenvalue weighted by atomic mass is 10.1. The van der Waals surface area contributed by atoms with Crippen molar-refractivity contribution in [2.75, 3.05) is 11.9 Å². The number of amides is 1. The molecule has 6 nitrogen and oxygen atoms in total. The number of aryl methyl sites for hydroxylation is 1. The molecule has 2 rings (SSSR count). The van der Waals surface area contributed by atoms with E-state index in [1.54, 1.807) is 12.1 Å². The van der Waals surface area contributed by atoms with E-state index in [0.29, 0.717) is 16.3 Å². The van der Waals surface area contributed by atoms with Gasteiger partial charge in [0.25, 0.3) is 5.91 Å². The Morgan fingerprint density at radius 3 is 3.00 bits per heavy atom. The summed E-state index contributed by atoms with van der Waals surface area (Å²) in [5.74, 6) is 5.02. The Bertz CT molecular complexity index is 643. The van der Waals surface area contributed by atoms with E-state index in [0.717, 1.165) is 17.1 Å². The summed E-state index contributed by atoms with van der Waals surface area (Å²) in [5.41, 5.74) is 2.05. The summed E-state index contributed by atoms with van der Waals surface area (Å²) in [6, 6.07) is 5.24. The highest BCUT2D eigenvalue weighted by Gasteiger charge is 2.09. The molecule has 0 aliphatic rings. The quantitative estimate of drug-likeness (QED) is 0.792. The number of aliphatic hydroxyl groups is 1. The molecule has 0 fully saturated rings. The van der Waals surface area contributed by atoms with Gasteiger partial charge in [-0.15, -0.1) is 0 Å². The fourth-order valence-corrected chi connectivity index (χ4v) is 1.84. The van der Waals surface area contributed by atoms with Crippen molar-refractivity contribution in [3.63, 3.8) is 0 Å². The highest BCUT2D eigenvalue weighted by molar-refractivity contribution is 7.09. The molecular formula is C12H10N4O2S. The average Bonchev–Trinajstić information content (AvgIpc) is 2.88. The van der Waals surface area contributed by atoms with Gasteiger partial charge in [0, 0.05) is 22.7 Å². The highest BCUT2D eigenvalue weighted by atomic mass is 32.1. The highest BCUT2D eigenvalue weighted by Crippen LogP contribution is 2.12. The van der Waals surface area contributed by atoms with Crippen molar-refractivity contribution in [2.45, 2.75) is 6.92 Å². The second-order valence-corrected chi connectivity index (χ2v) is 4.40. The van der Waals surface area contributed by atoms with Gasteiger partial charge in [-0.05, 0) is 35.9 Å². The molecule has 0 atom stereocenters. The number of rotatable bonds is 2. The van der Waals surface area contributed by atoms with Crippen molar-refractivity contribution in [3.05, 3.63) is 34.9 Å². The van der Waals surface area contributed by atoms with Crippen LogP contribution in [0.25, 0.3) is 0 Å². The topological polar surface area (TPSA) is 88.0 Å². The zero-order valence-corrected chi connectivity index (χ0v) is 10.9. The smallest absolute Gasteiger partial charge is 0.257 e. The van der Waals surface area contributed by atoms with Crippen molar-refractivity contribution in [1.82, 2.24) is 14.8 Å². The zero-order chi connectivity index (χ0) is 13.7. The molecule has 0 spiro atoms. The summed E-state index contributed by atoms with van der Waals surface area (Å²) < 4.78 is 3.56. The first kappa shape index (κ1) is 13.1. The molecule has 0 saturated heterocycles. The van der Waals surface area contributed by atoms with Gasteiger partial charge < -0.3 is 5.11 Å². The van der Waals surface area contributed by atoms with Gasteiger partial charge in [0.1, 0.15) is 6.61 Å². The average molecular weight is 274 g/mol. The van der Waals surface area contributed by atoms with E-state index >= 15 is 0 Å². The molecule has 0 aliphatic heterocycles. The van der Waals surface area contributed by atoms with Gasteiger partial charge in [0.15, 0.2) is 0 Å². The number of benzene rings is 1. The van der Waals surface area contributed by atoms with Crippen LogP contribution in [0.3, 0.4) is 0 Å². The molecule has 19 heavy (non-hydrogen) atoms. The minimum Gasteiger partial charge on any atom is -0.384 e. The van der Waals surface area contributed by atoms with Gasteiger partial charge in [0.05, 0.1) is 0 Å². The van der Waals surface area contributed by atoms with E-state index in [-0.39, 0.29) is 12.5 Å². The van der Waals surface area contributed by atoms with Gasteiger partial charge in [-0.2, -0.15) is 0 Å². The molecule has 1 amide bonds. The van der Waals surface area contributed by atoms with Gasteiger partial charge in [0.2, 0.25) is 5.13 Å². The Labute approximate surface area is 113 Å². The molecule has 0 radical (unpaired) electrons. The molecule has 0 unspecified atom stereocenters. The summed E-state index contributed by atoms with van der Waals surface area (Å²) >= 11 is 1.00. The summed E-state index contributed by atoms with van der Waals surface area (Å²) in [7, 11) is 0. The van der Waals surface area contributed by atoms with Crippen molar-refractivity contribution in [2.24, 2.45) is 0 Å². The van der Waals surface area contributed by atoms with E-state index in [1.165, 1.54) is 0 Å². The van der Waals surface area contributed by atoms with Gasteiger partial charge in [-0.25, -0.2) is 0 Å². The summed E-state index contributed by atoms with van der Waals surface area (Å²) in [5, 5.41) is 18.6. The molecule has 0 bridgehead atoms. The lowest BCUT2D eigenvalue weighted by molar-refractivity contribution is 0.102. The van der Waals surface area contributed by atoms with Crippen LogP contribution in [-0.2, 0) is 0 Å². The third kappa shape index (κ3) is 3.58. The normalized spacial score (nSPS) is 9.58. The van der Waals surface area contributed by atoms with E-state index < -0.39 is 0 Å². The molecule has 2 aromatic rings. The Kier molecular flexibility index (Phi) is 4.18. The van der Waals surface area contributed by atoms with Crippen LogP contribution in [0.4, 0.5) is 5.13 Å². The lowest BCUT2D eigenvalue weighted by Crippen LogP contribution is -2.12. The van der Waals surface area contributed by atoms with Crippen LogP contribution in [0.2, 0.25) is 0 Å². The summed E-state index contributed by atoms with van der Waals surface area (Å²) in [6.45, 7) is 1.65. The molecule has 1 heterocycles. The maximum Gasteiger partial charge on any atom is 0.257 e. The van der Waals surface area contributed by atoms with Crippen LogP contribution in [0, 0.1) is 18.8 Å². The van der Waals surface area contributed by atoms with Gasteiger partial charge in [-0.1, -0.05) is 21.4 Å². The number of hydrogen-bond acceptors (Lipinski definition) is 6. The van der Waals surface area contributed by atoms with Crippen LogP contribution in [-0.4, -0.2) is 32.4 Å². The largest absolute Gasteiger partial charge is 0.384 e. The van der Waals surface area contributed by atoms with E-state index in [1.807, 2.05) is 13.0 Å². The number of aromatic nitrogens is 3. The van der Waals surface area contributed by atoms with E-state index in [4.69, 9.17) is 5.11 Å². The number of nitrogens with one attached hydrogen (secondary N) is 1. The maximum atomic E-state index is 12.0. The Morgan fingerprint density at radius 1 is 1.47 bits per heavy atom. The minimum atomic E-state index is -0.297. The molecule has 2 N–H and O–H groups in total. The summed E-state index contributed by atoms with van der Waals surface area (Å²) in [4.78, 5) is 12.0. The third-order valence-corrected chi connectivity index (χ3v) is 2.68. The number of carbonyl (C=O) groups is 1. The maximum absolute atomic E-state index is 12.0. The molecule has 1 aromatic carbocycles. The molecule has 1 aromatic heterocycles. The SMILES string of the molecule is Cc1cc(C#CCO)cc(C(=O)Nc2nnns2)c1. The molecule has 7 heteroatoms. The van der Waals surface area contributed by atoms with Crippen LogP contribution in [0.1, 0.15) is 21.5 Å². The Morgan fingerprint density at radius 2 is 2.32 bits per heavy atom. The number of anilines is 1. The van der Waals surface area contributed by atoms with Crippen LogP contribution in [0.15, 0.2) is 18.2 Å². The second kappa shape index (κ2) is 6.04. The number of aliphatic hydroxyl groups excluding tert-OH is 1. The van der Waals surface area contributed by atoms with Crippen LogP contribution >= 0.6 is 11.5 Å². The van der Waals surface area contributed by atoms with Crippen molar-refractivity contribution in [1.29, 1.82) is 0 Å². The zero-order valence-electron chi connectivity index (χ0n) is 10.0. The van der Waals surface area contributed by atoms with E-state index in [2.05, 4.69) is 32.0 Å². The fraction of sp³-hybridized carbons (Fsp3) is 0.167. The molecule has 0 aliphatic carbocycles. The first-order valence-electron chi connectivity index (χ1n) is 5.37. The molecular weight excluding hydrogens is 264 g/mol. The molecule has 0 saturated carbocycles. The minimum absolute atomic E-state index is 0.216. The van der Waals surface area contributed by atoms with Crippen LogP contribution in [0.5, 0.6) is 0 Å². The number of carbonyl (C=O) groups excluding carboxylic acids is 1. The van der Waals surface area contributed by atoms with Crippen molar-refractivity contribution >= 4 is 22.6 Å². The predicted octanol–water partition coefficient (Wildman–Crippen LogP) is 0.838. The van der Waals surface area contributed by atoms with Gasteiger partial charge >= 0.3 is 0 Å². The van der Waals surface area contributed by atoms with Crippen molar-refractivity contribution < 1.29 is 9.90 Å². The van der Waals surface area contributed by atoms with Crippen LogP contribution < -0.4 is 5.32 Å². The second-order valence-electron chi connectivity index (χ2n) is 3.67. The first-order valence-corrected chi connectivity index (χ1v) is 6.14. The molecule has 96 valence electrons. The number of hydrogen-bond donors (Lipinski definition) is 2. The fourth-order valence-electron chi connectivity index (χ4n) is 1.48. The Balaban J connectivity index is 2.24. The standard InChI is InChI=1S/C12H10N4O2S/c1-8-5-9(3-2-4-17)7-10(6-8)11(18)13-12-14-15-16-19-12/h5-7,17H,4H2,1H3,(H,13,14,16,18). The predicted molar refractivity (Wildman–Crippen MR) is 70.8 cm³/mol. The van der Waals surface area contributed by atoms with Crippen molar-refractivity contribution in [3.8, 4) is 11.8 Å².